The van der Waals surface area contributed by atoms with Crippen molar-refractivity contribution in [3.05, 3.63) is 132 Å². The molecule has 0 atom stereocenters. The van der Waals surface area contributed by atoms with E-state index in [2.05, 4.69) is 15.6 Å². The van der Waals surface area contributed by atoms with Crippen molar-refractivity contribution in [1.82, 2.24) is 10.3 Å². The standard InChI is InChI=1S/C27H21N3O2S/c31-26(21-14-6-2-7-15-21)30-24(27(32)29-22-16-8-3-9-17-22)25(20-12-4-1-5-13-20)33-23-18-10-11-19-28-23/h1-19H,(H,29,32)(H,30,31). The van der Waals surface area contributed by atoms with Crippen LogP contribution in [0.1, 0.15) is 15.9 Å². The van der Waals surface area contributed by atoms with E-state index in [1.807, 2.05) is 72.8 Å². The van der Waals surface area contributed by atoms with Gasteiger partial charge in [0.1, 0.15) is 10.7 Å². The van der Waals surface area contributed by atoms with Gasteiger partial charge >= 0.3 is 0 Å². The molecule has 33 heavy (non-hydrogen) atoms. The minimum absolute atomic E-state index is 0.148. The first kappa shape index (κ1) is 22.0. The Morgan fingerprint density at radius 3 is 1.85 bits per heavy atom. The molecule has 0 aliphatic carbocycles. The number of benzene rings is 3. The largest absolute Gasteiger partial charge is 0.321 e. The number of hydrogen-bond acceptors (Lipinski definition) is 4. The van der Waals surface area contributed by atoms with E-state index in [1.54, 1.807) is 42.6 Å². The smallest absolute Gasteiger partial charge is 0.273 e. The lowest BCUT2D eigenvalue weighted by atomic mass is 10.1. The predicted octanol–water partition coefficient (Wildman–Crippen LogP) is 5.61. The van der Waals surface area contributed by atoms with Crippen molar-refractivity contribution in [1.29, 1.82) is 0 Å². The number of carbonyl (C=O) groups is 2. The van der Waals surface area contributed by atoms with Gasteiger partial charge in [-0.2, -0.15) is 0 Å². The van der Waals surface area contributed by atoms with Crippen LogP contribution in [0.25, 0.3) is 4.91 Å². The monoisotopic (exact) mass is 451 g/mol. The van der Waals surface area contributed by atoms with Gasteiger partial charge in [-0.1, -0.05) is 84.6 Å². The summed E-state index contributed by atoms with van der Waals surface area (Å²) in [5, 5.41) is 6.45. The maximum Gasteiger partial charge on any atom is 0.273 e. The van der Waals surface area contributed by atoms with E-state index in [1.165, 1.54) is 11.8 Å². The molecule has 2 amide bonds. The average Bonchev–Trinajstić information content (AvgIpc) is 2.88. The summed E-state index contributed by atoms with van der Waals surface area (Å²) < 4.78 is 0. The molecule has 0 unspecified atom stereocenters. The van der Waals surface area contributed by atoms with Crippen LogP contribution >= 0.6 is 11.8 Å². The third-order valence-corrected chi connectivity index (χ3v) is 5.74. The fraction of sp³-hybridized carbons (Fsp3) is 0. The van der Waals surface area contributed by atoms with Crippen LogP contribution in [0.4, 0.5) is 5.69 Å². The van der Waals surface area contributed by atoms with Gasteiger partial charge in [-0.05, 0) is 42.0 Å². The zero-order chi connectivity index (χ0) is 22.9. The van der Waals surface area contributed by atoms with Crippen molar-refractivity contribution >= 4 is 34.2 Å². The third kappa shape index (κ3) is 5.96. The molecule has 1 aromatic heterocycles. The average molecular weight is 452 g/mol. The van der Waals surface area contributed by atoms with Gasteiger partial charge in [0, 0.05) is 17.4 Å². The summed E-state index contributed by atoms with van der Waals surface area (Å²) >= 11 is 1.32. The maximum atomic E-state index is 13.5. The van der Waals surface area contributed by atoms with Crippen molar-refractivity contribution in [3.63, 3.8) is 0 Å². The fourth-order valence-corrected chi connectivity index (χ4v) is 4.03. The van der Waals surface area contributed by atoms with Crippen molar-refractivity contribution in [3.8, 4) is 0 Å². The van der Waals surface area contributed by atoms with E-state index >= 15 is 0 Å². The van der Waals surface area contributed by atoms with Gasteiger partial charge in [0.15, 0.2) is 0 Å². The molecule has 3 aromatic carbocycles. The van der Waals surface area contributed by atoms with Crippen molar-refractivity contribution in [2.24, 2.45) is 0 Å². The molecule has 6 heteroatoms. The number of pyridine rings is 1. The Bertz CT molecular complexity index is 1250. The normalized spacial score (nSPS) is 11.3. The Labute approximate surface area is 196 Å². The highest BCUT2D eigenvalue weighted by Gasteiger charge is 2.22. The number of anilines is 1. The highest BCUT2D eigenvalue weighted by Crippen LogP contribution is 2.35. The lowest BCUT2D eigenvalue weighted by Crippen LogP contribution is -2.31. The molecule has 2 N–H and O–H groups in total. The number of hydrogen-bond donors (Lipinski definition) is 2. The van der Waals surface area contributed by atoms with Crippen LogP contribution in [0, 0.1) is 0 Å². The Hall–Kier alpha value is -4.16. The first-order valence-electron chi connectivity index (χ1n) is 10.3. The number of thioether (sulfide) groups is 1. The second-order valence-corrected chi connectivity index (χ2v) is 8.01. The van der Waals surface area contributed by atoms with Crippen LogP contribution in [0.15, 0.2) is 126 Å². The van der Waals surface area contributed by atoms with E-state index < -0.39 is 5.91 Å². The van der Waals surface area contributed by atoms with E-state index in [0.29, 0.717) is 21.2 Å². The lowest BCUT2D eigenvalue weighted by Gasteiger charge is -2.17. The molecular weight excluding hydrogens is 430 g/mol. The number of nitrogens with zero attached hydrogens (tertiary/aromatic N) is 1. The molecule has 1 heterocycles. The minimum atomic E-state index is -0.423. The summed E-state index contributed by atoms with van der Waals surface area (Å²) in [4.78, 5) is 31.5. The molecular formula is C27H21N3O2S. The summed E-state index contributed by atoms with van der Waals surface area (Å²) in [5.41, 5.74) is 2.02. The minimum Gasteiger partial charge on any atom is -0.321 e. The summed E-state index contributed by atoms with van der Waals surface area (Å²) in [5.74, 6) is -0.795. The van der Waals surface area contributed by atoms with Crippen molar-refractivity contribution in [2.45, 2.75) is 5.03 Å². The van der Waals surface area contributed by atoms with Gasteiger partial charge in [-0.15, -0.1) is 0 Å². The lowest BCUT2D eigenvalue weighted by molar-refractivity contribution is -0.113. The quantitative estimate of drug-likeness (QED) is 0.283. The Morgan fingerprint density at radius 1 is 0.667 bits per heavy atom. The Balaban J connectivity index is 1.80. The van der Waals surface area contributed by atoms with E-state index in [0.717, 1.165) is 5.56 Å². The molecule has 0 saturated carbocycles. The van der Waals surface area contributed by atoms with Crippen LogP contribution in [0.3, 0.4) is 0 Å². The molecule has 162 valence electrons. The van der Waals surface area contributed by atoms with E-state index in [9.17, 15) is 9.59 Å². The van der Waals surface area contributed by atoms with Crippen LogP contribution in [0.2, 0.25) is 0 Å². The zero-order valence-corrected chi connectivity index (χ0v) is 18.5. The zero-order valence-electron chi connectivity index (χ0n) is 17.6. The number of amides is 2. The summed E-state index contributed by atoms with van der Waals surface area (Å²) in [6.45, 7) is 0. The maximum absolute atomic E-state index is 13.5. The highest BCUT2D eigenvalue weighted by molar-refractivity contribution is 8.08. The molecule has 0 saturated heterocycles. The van der Waals surface area contributed by atoms with Crippen LogP contribution < -0.4 is 10.6 Å². The van der Waals surface area contributed by atoms with Gasteiger partial charge in [-0.25, -0.2) is 4.98 Å². The summed E-state index contributed by atoms with van der Waals surface area (Å²) in [6.07, 6.45) is 1.69. The second kappa shape index (κ2) is 10.9. The summed E-state index contributed by atoms with van der Waals surface area (Å²) in [6, 6.07) is 33.0. The van der Waals surface area contributed by atoms with E-state index in [-0.39, 0.29) is 11.6 Å². The topological polar surface area (TPSA) is 71.1 Å². The number of nitrogens with one attached hydrogen (secondary N) is 2. The Kier molecular flexibility index (Phi) is 7.30. The molecule has 0 aliphatic rings. The predicted molar refractivity (Wildman–Crippen MR) is 132 cm³/mol. The van der Waals surface area contributed by atoms with Crippen LogP contribution in [-0.2, 0) is 4.79 Å². The van der Waals surface area contributed by atoms with Gasteiger partial charge in [-0.3, -0.25) is 9.59 Å². The number of para-hydroxylation sites is 1. The fourth-order valence-electron chi connectivity index (χ4n) is 3.06. The number of rotatable bonds is 7. The molecule has 0 aliphatic heterocycles. The molecule has 0 bridgehead atoms. The van der Waals surface area contributed by atoms with Gasteiger partial charge < -0.3 is 10.6 Å². The molecule has 0 spiro atoms. The first-order chi connectivity index (χ1) is 16.2. The molecule has 4 rings (SSSR count). The first-order valence-corrected chi connectivity index (χ1v) is 11.1. The molecule has 5 nitrogen and oxygen atoms in total. The highest BCUT2D eigenvalue weighted by atomic mass is 32.2. The van der Waals surface area contributed by atoms with Crippen molar-refractivity contribution in [2.75, 3.05) is 5.32 Å². The van der Waals surface area contributed by atoms with E-state index in [4.69, 9.17) is 0 Å². The van der Waals surface area contributed by atoms with Gasteiger partial charge in [0.05, 0.1) is 4.91 Å². The van der Waals surface area contributed by atoms with Crippen LogP contribution in [0.5, 0.6) is 0 Å². The van der Waals surface area contributed by atoms with Gasteiger partial charge in [0.25, 0.3) is 11.8 Å². The number of aromatic nitrogens is 1. The molecule has 0 radical (unpaired) electrons. The molecule has 4 aromatic rings. The second-order valence-electron chi connectivity index (χ2n) is 6.98. The molecule has 0 fully saturated rings. The number of carbonyl (C=O) groups excluding carboxylic acids is 2. The van der Waals surface area contributed by atoms with Gasteiger partial charge in [0.2, 0.25) is 0 Å². The van der Waals surface area contributed by atoms with Crippen LogP contribution in [-0.4, -0.2) is 16.8 Å². The summed E-state index contributed by atoms with van der Waals surface area (Å²) in [7, 11) is 0. The third-order valence-electron chi connectivity index (χ3n) is 4.64. The van der Waals surface area contributed by atoms with Crippen molar-refractivity contribution < 1.29 is 9.59 Å². The SMILES string of the molecule is O=C(Nc1ccccc1)C(NC(=O)c1ccccc1)=C(Sc1ccccn1)c1ccccc1. The Morgan fingerprint density at radius 2 is 1.24 bits per heavy atom.